The minimum absolute atomic E-state index is 0.800. The normalized spacial score (nSPS) is 10.8. The van der Waals surface area contributed by atoms with Crippen molar-refractivity contribution in [3.8, 4) is 11.4 Å². The van der Waals surface area contributed by atoms with Gasteiger partial charge in [-0.05, 0) is 31.2 Å². The van der Waals surface area contributed by atoms with Gasteiger partial charge in [0.1, 0.15) is 18.4 Å². The Morgan fingerprint density at radius 3 is 2.83 bits per heavy atom. The first-order valence-electron chi connectivity index (χ1n) is 5.58. The van der Waals surface area contributed by atoms with Crippen LogP contribution in [-0.2, 0) is 0 Å². The van der Waals surface area contributed by atoms with Crippen molar-refractivity contribution >= 4 is 10.9 Å². The maximum absolute atomic E-state index is 5.25. The van der Waals surface area contributed by atoms with Gasteiger partial charge in [0.15, 0.2) is 0 Å². The van der Waals surface area contributed by atoms with Crippen molar-refractivity contribution in [1.82, 2.24) is 19.7 Å². The van der Waals surface area contributed by atoms with Gasteiger partial charge in [0, 0.05) is 11.1 Å². The Bertz CT molecular complexity index is 692. The molecule has 0 amide bonds. The molecule has 5 nitrogen and oxygen atoms in total. The van der Waals surface area contributed by atoms with Crippen LogP contribution >= 0.6 is 0 Å². The van der Waals surface area contributed by atoms with Gasteiger partial charge in [0.25, 0.3) is 0 Å². The number of fused-ring (bicyclic) bond motifs is 1. The Morgan fingerprint density at radius 1 is 1.22 bits per heavy atom. The molecular formula is C13H12N4O. The van der Waals surface area contributed by atoms with Crippen LogP contribution in [0.1, 0.15) is 5.69 Å². The van der Waals surface area contributed by atoms with Gasteiger partial charge >= 0.3 is 0 Å². The second-order valence-electron chi connectivity index (χ2n) is 4.01. The molecule has 0 aliphatic carbocycles. The molecule has 3 aromatic rings. The molecule has 0 aliphatic rings. The SMILES string of the molecule is COc1ccc2nc(C)cc(-n3cncn3)c2c1. The number of aromatic nitrogens is 4. The molecule has 0 atom stereocenters. The standard InChI is InChI=1S/C13H12N4O/c1-9-5-13(17-8-14-7-15-17)11-6-10(18-2)3-4-12(11)16-9/h3-8H,1-2H3. The van der Waals surface area contributed by atoms with E-state index >= 15 is 0 Å². The molecular weight excluding hydrogens is 228 g/mol. The third-order valence-electron chi connectivity index (χ3n) is 2.79. The Morgan fingerprint density at radius 2 is 2.11 bits per heavy atom. The third kappa shape index (κ3) is 1.69. The Kier molecular flexibility index (Phi) is 2.44. The molecule has 0 saturated heterocycles. The highest BCUT2D eigenvalue weighted by atomic mass is 16.5. The van der Waals surface area contributed by atoms with E-state index in [2.05, 4.69) is 15.1 Å². The molecule has 0 N–H and O–H groups in total. The van der Waals surface area contributed by atoms with Crippen molar-refractivity contribution in [3.63, 3.8) is 0 Å². The van der Waals surface area contributed by atoms with Crippen LogP contribution in [0.5, 0.6) is 5.75 Å². The molecule has 0 saturated carbocycles. The van der Waals surface area contributed by atoms with Crippen molar-refractivity contribution in [3.05, 3.63) is 42.6 Å². The summed E-state index contributed by atoms with van der Waals surface area (Å²) in [5.41, 5.74) is 2.81. The second kappa shape index (κ2) is 4.10. The fourth-order valence-corrected chi connectivity index (χ4v) is 1.96. The van der Waals surface area contributed by atoms with E-state index in [0.717, 1.165) is 28.0 Å². The molecule has 2 aromatic heterocycles. The zero-order chi connectivity index (χ0) is 12.5. The molecule has 90 valence electrons. The van der Waals surface area contributed by atoms with Crippen LogP contribution in [0.2, 0.25) is 0 Å². The smallest absolute Gasteiger partial charge is 0.138 e. The summed E-state index contributed by atoms with van der Waals surface area (Å²) in [6.07, 6.45) is 3.19. The van der Waals surface area contributed by atoms with E-state index in [1.807, 2.05) is 31.2 Å². The minimum atomic E-state index is 0.800. The Balaban J connectivity index is 2.34. The van der Waals surface area contributed by atoms with Crippen molar-refractivity contribution in [1.29, 1.82) is 0 Å². The lowest BCUT2D eigenvalue weighted by Gasteiger charge is -2.08. The summed E-state index contributed by atoms with van der Waals surface area (Å²) in [5, 5.41) is 5.16. The molecule has 0 unspecified atom stereocenters. The molecule has 0 bridgehead atoms. The van der Waals surface area contributed by atoms with E-state index in [1.165, 1.54) is 6.33 Å². The third-order valence-corrected chi connectivity index (χ3v) is 2.79. The van der Waals surface area contributed by atoms with Gasteiger partial charge in [0.05, 0.1) is 18.3 Å². The number of ether oxygens (including phenoxy) is 1. The van der Waals surface area contributed by atoms with Crippen LogP contribution in [-0.4, -0.2) is 26.9 Å². The topological polar surface area (TPSA) is 52.8 Å². The highest BCUT2D eigenvalue weighted by Gasteiger charge is 2.07. The van der Waals surface area contributed by atoms with Crippen molar-refractivity contribution < 1.29 is 4.74 Å². The summed E-state index contributed by atoms with van der Waals surface area (Å²) in [7, 11) is 1.65. The summed E-state index contributed by atoms with van der Waals surface area (Å²) in [4.78, 5) is 8.48. The van der Waals surface area contributed by atoms with Crippen LogP contribution in [0.3, 0.4) is 0 Å². The van der Waals surface area contributed by atoms with Gasteiger partial charge in [-0.2, -0.15) is 5.10 Å². The molecule has 18 heavy (non-hydrogen) atoms. The number of hydrogen-bond acceptors (Lipinski definition) is 4. The Labute approximate surface area is 104 Å². The first kappa shape index (κ1) is 10.7. The van der Waals surface area contributed by atoms with Crippen LogP contribution in [0, 0.1) is 6.92 Å². The summed E-state index contributed by atoms with van der Waals surface area (Å²) in [5.74, 6) is 0.800. The van der Waals surface area contributed by atoms with E-state index in [-0.39, 0.29) is 0 Å². The van der Waals surface area contributed by atoms with E-state index < -0.39 is 0 Å². The lowest BCUT2D eigenvalue weighted by atomic mass is 10.1. The molecule has 0 aliphatic heterocycles. The van der Waals surface area contributed by atoms with Crippen LogP contribution in [0.25, 0.3) is 16.6 Å². The first-order valence-corrected chi connectivity index (χ1v) is 5.58. The molecule has 5 heteroatoms. The van der Waals surface area contributed by atoms with Crippen molar-refractivity contribution in [2.24, 2.45) is 0 Å². The summed E-state index contributed by atoms with van der Waals surface area (Å²) in [6, 6.07) is 7.79. The van der Waals surface area contributed by atoms with Crippen LogP contribution in [0.15, 0.2) is 36.9 Å². The number of rotatable bonds is 2. The van der Waals surface area contributed by atoms with E-state index in [0.29, 0.717) is 0 Å². The number of aryl methyl sites for hydroxylation is 1. The van der Waals surface area contributed by atoms with Crippen LogP contribution < -0.4 is 4.74 Å². The largest absolute Gasteiger partial charge is 0.497 e. The fraction of sp³-hybridized carbons (Fsp3) is 0.154. The summed E-state index contributed by atoms with van der Waals surface area (Å²) >= 11 is 0. The summed E-state index contributed by atoms with van der Waals surface area (Å²) in [6.45, 7) is 1.96. The molecule has 2 heterocycles. The maximum Gasteiger partial charge on any atom is 0.138 e. The lowest BCUT2D eigenvalue weighted by Crippen LogP contribution is -1.98. The Hall–Kier alpha value is -2.43. The van der Waals surface area contributed by atoms with Gasteiger partial charge in [0.2, 0.25) is 0 Å². The lowest BCUT2D eigenvalue weighted by molar-refractivity contribution is 0.415. The predicted molar refractivity (Wildman–Crippen MR) is 67.9 cm³/mol. The second-order valence-corrected chi connectivity index (χ2v) is 4.01. The van der Waals surface area contributed by atoms with Crippen LogP contribution in [0.4, 0.5) is 0 Å². The molecule has 0 radical (unpaired) electrons. The average molecular weight is 240 g/mol. The van der Waals surface area contributed by atoms with E-state index in [4.69, 9.17) is 4.74 Å². The van der Waals surface area contributed by atoms with Crippen molar-refractivity contribution in [2.75, 3.05) is 7.11 Å². The van der Waals surface area contributed by atoms with E-state index in [1.54, 1.807) is 18.1 Å². The number of pyridine rings is 1. The molecule has 0 fully saturated rings. The van der Waals surface area contributed by atoms with E-state index in [9.17, 15) is 0 Å². The van der Waals surface area contributed by atoms with Gasteiger partial charge in [-0.15, -0.1) is 0 Å². The number of benzene rings is 1. The number of nitrogens with zero attached hydrogens (tertiary/aromatic N) is 4. The highest BCUT2D eigenvalue weighted by Crippen LogP contribution is 2.25. The highest BCUT2D eigenvalue weighted by molar-refractivity contribution is 5.88. The van der Waals surface area contributed by atoms with Gasteiger partial charge in [-0.25, -0.2) is 9.67 Å². The summed E-state index contributed by atoms with van der Waals surface area (Å²) < 4.78 is 6.98. The zero-order valence-corrected chi connectivity index (χ0v) is 10.2. The monoisotopic (exact) mass is 240 g/mol. The number of methoxy groups -OCH3 is 1. The molecule has 3 rings (SSSR count). The molecule has 1 aromatic carbocycles. The van der Waals surface area contributed by atoms with Gasteiger partial charge < -0.3 is 4.74 Å². The maximum atomic E-state index is 5.25. The van der Waals surface area contributed by atoms with Gasteiger partial charge in [-0.1, -0.05) is 0 Å². The fourth-order valence-electron chi connectivity index (χ4n) is 1.96. The van der Waals surface area contributed by atoms with Crippen molar-refractivity contribution in [2.45, 2.75) is 6.92 Å². The van der Waals surface area contributed by atoms with Gasteiger partial charge in [-0.3, -0.25) is 4.98 Å². The average Bonchev–Trinajstić information content (AvgIpc) is 2.91. The minimum Gasteiger partial charge on any atom is -0.497 e. The zero-order valence-electron chi connectivity index (χ0n) is 10.2. The predicted octanol–water partition coefficient (Wildman–Crippen LogP) is 2.13. The quantitative estimate of drug-likeness (QED) is 0.688. The first-order chi connectivity index (χ1) is 8.78. The number of hydrogen-bond donors (Lipinski definition) is 0. The molecule has 0 spiro atoms.